The fourth-order valence-electron chi connectivity index (χ4n) is 2.89. The lowest BCUT2D eigenvalue weighted by molar-refractivity contribution is -0.143. The van der Waals surface area contributed by atoms with Crippen molar-refractivity contribution in [2.24, 2.45) is 0 Å². The van der Waals surface area contributed by atoms with E-state index < -0.39 is 23.4 Å². The Morgan fingerprint density at radius 2 is 2.03 bits per heavy atom. The first-order valence-corrected chi connectivity index (χ1v) is 9.50. The molecule has 10 heteroatoms. The van der Waals surface area contributed by atoms with E-state index in [0.717, 1.165) is 16.6 Å². The predicted octanol–water partition coefficient (Wildman–Crippen LogP) is 4.30. The van der Waals surface area contributed by atoms with Gasteiger partial charge in [0, 0.05) is 10.4 Å². The molecule has 154 valence electrons. The molecule has 0 spiro atoms. The number of hydrogen-bond donors (Lipinski definition) is 1. The van der Waals surface area contributed by atoms with Gasteiger partial charge < -0.3 is 9.84 Å². The average Bonchev–Trinajstić information content (AvgIpc) is 3.24. The SMILES string of the molecule is CCOC(=O)c1cnn(-c2cccc(-c3sc(C)c(C)c3CO)n2)c1C(F)(F)F. The van der Waals surface area contributed by atoms with E-state index in [2.05, 4.69) is 10.1 Å². The number of ether oxygens (including phenoxy) is 1. The molecule has 0 aliphatic rings. The molecule has 0 atom stereocenters. The first kappa shape index (κ1) is 21.0. The third kappa shape index (κ3) is 3.90. The molecule has 3 heterocycles. The molecule has 6 nitrogen and oxygen atoms in total. The van der Waals surface area contributed by atoms with Gasteiger partial charge in [-0.15, -0.1) is 11.3 Å². The van der Waals surface area contributed by atoms with Crippen LogP contribution in [0.1, 0.15) is 39.0 Å². The maximum absolute atomic E-state index is 13.7. The van der Waals surface area contributed by atoms with Gasteiger partial charge in [-0.3, -0.25) is 0 Å². The number of rotatable bonds is 5. The van der Waals surface area contributed by atoms with Crippen LogP contribution in [0.5, 0.6) is 0 Å². The molecule has 1 N–H and O–H groups in total. The summed E-state index contributed by atoms with van der Waals surface area (Å²) < 4.78 is 46.4. The number of thiophene rings is 1. The Morgan fingerprint density at radius 1 is 1.31 bits per heavy atom. The summed E-state index contributed by atoms with van der Waals surface area (Å²) in [7, 11) is 0. The first-order chi connectivity index (χ1) is 13.7. The number of nitrogens with zero attached hydrogens (tertiary/aromatic N) is 3. The van der Waals surface area contributed by atoms with E-state index in [1.54, 1.807) is 12.1 Å². The minimum absolute atomic E-state index is 0.0595. The number of hydrogen-bond acceptors (Lipinski definition) is 6. The number of carbonyl (C=O) groups is 1. The Morgan fingerprint density at radius 3 is 2.66 bits per heavy atom. The van der Waals surface area contributed by atoms with E-state index in [-0.39, 0.29) is 19.0 Å². The summed E-state index contributed by atoms with van der Waals surface area (Å²) in [5.74, 6) is -1.20. The second-order valence-electron chi connectivity index (χ2n) is 6.17. The number of aliphatic hydroxyl groups is 1. The van der Waals surface area contributed by atoms with Crippen LogP contribution in [0.2, 0.25) is 0 Å². The zero-order chi connectivity index (χ0) is 21.3. The molecule has 0 radical (unpaired) electrons. The number of esters is 1. The number of halogens is 3. The predicted molar refractivity (Wildman–Crippen MR) is 101 cm³/mol. The number of carbonyl (C=O) groups excluding carboxylic acids is 1. The zero-order valence-corrected chi connectivity index (χ0v) is 16.7. The lowest BCUT2D eigenvalue weighted by Crippen LogP contribution is -2.19. The molecular formula is C19H18F3N3O3S. The third-order valence-corrected chi connectivity index (χ3v) is 5.66. The van der Waals surface area contributed by atoms with Gasteiger partial charge in [0.1, 0.15) is 5.56 Å². The Hall–Kier alpha value is -2.72. The van der Waals surface area contributed by atoms with Crippen LogP contribution in [0.3, 0.4) is 0 Å². The van der Waals surface area contributed by atoms with E-state index in [1.165, 1.54) is 24.3 Å². The van der Waals surface area contributed by atoms with E-state index in [9.17, 15) is 23.1 Å². The molecule has 0 aliphatic carbocycles. The average molecular weight is 425 g/mol. The lowest BCUT2D eigenvalue weighted by Gasteiger charge is -2.12. The Kier molecular flexibility index (Phi) is 5.76. The van der Waals surface area contributed by atoms with Crippen molar-refractivity contribution in [1.82, 2.24) is 14.8 Å². The third-order valence-electron chi connectivity index (χ3n) is 4.39. The highest BCUT2D eigenvalue weighted by Crippen LogP contribution is 2.37. The van der Waals surface area contributed by atoms with Crippen molar-refractivity contribution in [3.05, 3.63) is 51.7 Å². The number of alkyl halides is 3. The van der Waals surface area contributed by atoms with Gasteiger partial charge in [-0.2, -0.15) is 18.3 Å². The summed E-state index contributed by atoms with van der Waals surface area (Å²) >= 11 is 1.40. The van der Waals surface area contributed by atoms with Crippen LogP contribution in [0.25, 0.3) is 16.4 Å². The normalized spacial score (nSPS) is 11.7. The van der Waals surface area contributed by atoms with Crippen LogP contribution in [0.15, 0.2) is 24.4 Å². The van der Waals surface area contributed by atoms with Crippen LogP contribution in [0, 0.1) is 13.8 Å². The fraction of sp³-hybridized carbons (Fsp3) is 0.316. The van der Waals surface area contributed by atoms with Gasteiger partial charge in [-0.1, -0.05) is 6.07 Å². The topological polar surface area (TPSA) is 77.2 Å². The monoisotopic (exact) mass is 425 g/mol. The van der Waals surface area contributed by atoms with Gasteiger partial charge in [0.2, 0.25) is 0 Å². The number of aryl methyl sites for hydroxylation is 1. The summed E-state index contributed by atoms with van der Waals surface area (Å²) in [6, 6.07) is 4.57. The first-order valence-electron chi connectivity index (χ1n) is 8.68. The molecule has 3 aromatic rings. The van der Waals surface area contributed by atoms with Crippen molar-refractivity contribution in [2.75, 3.05) is 6.61 Å². The maximum atomic E-state index is 13.7. The van der Waals surface area contributed by atoms with Crippen molar-refractivity contribution < 1.29 is 27.8 Å². The molecule has 0 bridgehead atoms. The molecule has 0 aliphatic heterocycles. The molecular weight excluding hydrogens is 407 g/mol. The number of aliphatic hydroxyl groups excluding tert-OH is 1. The van der Waals surface area contributed by atoms with Crippen molar-refractivity contribution >= 4 is 17.3 Å². The Balaban J connectivity index is 2.15. The second-order valence-corrected chi connectivity index (χ2v) is 7.39. The van der Waals surface area contributed by atoms with Crippen molar-refractivity contribution in [1.29, 1.82) is 0 Å². The summed E-state index contributed by atoms with van der Waals surface area (Å²) in [6.07, 6.45) is -4.02. The second kappa shape index (κ2) is 7.96. The van der Waals surface area contributed by atoms with Gasteiger partial charge in [0.15, 0.2) is 11.5 Å². The van der Waals surface area contributed by atoms with Gasteiger partial charge in [0.05, 0.1) is 30.0 Å². The van der Waals surface area contributed by atoms with Crippen LogP contribution >= 0.6 is 11.3 Å². The molecule has 0 saturated carbocycles. The molecule has 3 rings (SSSR count). The highest BCUT2D eigenvalue weighted by atomic mass is 32.1. The lowest BCUT2D eigenvalue weighted by atomic mass is 10.1. The molecule has 3 aromatic heterocycles. The zero-order valence-electron chi connectivity index (χ0n) is 15.9. The van der Waals surface area contributed by atoms with Crippen LogP contribution < -0.4 is 0 Å². The highest BCUT2D eigenvalue weighted by molar-refractivity contribution is 7.15. The highest BCUT2D eigenvalue weighted by Gasteiger charge is 2.41. The summed E-state index contributed by atoms with van der Waals surface area (Å²) in [4.78, 5) is 17.9. The summed E-state index contributed by atoms with van der Waals surface area (Å²) in [6.45, 7) is 5.00. The van der Waals surface area contributed by atoms with Gasteiger partial charge in [-0.05, 0) is 38.5 Å². The largest absolute Gasteiger partial charge is 0.462 e. The van der Waals surface area contributed by atoms with E-state index in [4.69, 9.17) is 4.74 Å². The van der Waals surface area contributed by atoms with E-state index >= 15 is 0 Å². The minimum atomic E-state index is -4.84. The van der Waals surface area contributed by atoms with Crippen LogP contribution in [0.4, 0.5) is 13.2 Å². The van der Waals surface area contributed by atoms with Crippen molar-refractivity contribution in [3.63, 3.8) is 0 Å². The van der Waals surface area contributed by atoms with Crippen LogP contribution in [-0.4, -0.2) is 32.4 Å². The molecule has 0 unspecified atom stereocenters. The van der Waals surface area contributed by atoms with Gasteiger partial charge in [-0.25, -0.2) is 14.5 Å². The molecule has 29 heavy (non-hydrogen) atoms. The molecule has 0 saturated heterocycles. The molecule has 0 fully saturated rings. The van der Waals surface area contributed by atoms with Crippen LogP contribution in [-0.2, 0) is 17.5 Å². The van der Waals surface area contributed by atoms with E-state index in [0.29, 0.717) is 20.8 Å². The van der Waals surface area contributed by atoms with Crippen molar-refractivity contribution in [3.8, 4) is 16.4 Å². The number of aromatic nitrogens is 3. The summed E-state index contributed by atoms with van der Waals surface area (Å²) in [5.41, 5.74) is 0.0845. The van der Waals surface area contributed by atoms with Crippen molar-refractivity contribution in [2.45, 2.75) is 33.6 Å². The smallest absolute Gasteiger partial charge is 0.434 e. The van der Waals surface area contributed by atoms with Gasteiger partial charge >= 0.3 is 12.1 Å². The fourth-order valence-corrected chi connectivity index (χ4v) is 4.03. The molecule has 0 amide bonds. The van der Waals surface area contributed by atoms with E-state index in [1.807, 2.05) is 13.8 Å². The standard InChI is InChI=1S/C19H18F3N3O3S/c1-4-28-18(27)12-8-23-25(17(12)19(20,21)22)15-7-5-6-14(24-15)16-13(9-26)10(2)11(3)29-16/h5-8,26H,4,9H2,1-3H3. The number of pyridine rings is 1. The minimum Gasteiger partial charge on any atom is -0.462 e. The summed E-state index contributed by atoms with van der Waals surface area (Å²) in [5, 5.41) is 13.4. The Labute approximate surface area is 168 Å². The Bertz CT molecular complexity index is 1060. The quantitative estimate of drug-likeness (QED) is 0.617. The molecule has 0 aromatic carbocycles. The maximum Gasteiger partial charge on any atom is 0.434 e. The van der Waals surface area contributed by atoms with Gasteiger partial charge in [0.25, 0.3) is 0 Å².